The van der Waals surface area contributed by atoms with Crippen molar-refractivity contribution in [3.8, 4) is 5.75 Å². The highest BCUT2D eigenvalue weighted by Crippen LogP contribution is 2.24. The number of rotatable bonds is 5. The standard InChI is InChI=1S/C17H26N2O2/c1-13-4-7-17(20)19(9-8-13)12-15-10-14(11-18-2)5-6-16(15)21-3/h5-6,10,13,18H,4,7-9,11-12H2,1-3H3. The molecule has 1 atom stereocenters. The molecule has 21 heavy (non-hydrogen) atoms. The van der Waals surface area contributed by atoms with Crippen LogP contribution in [-0.4, -0.2) is 31.5 Å². The topological polar surface area (TPSA) is 41.6 Å². The lowest BCUT2D eigenvalue weighted by molar-refractivity contribution is -0.131. The minimum absolute atomic E-state index is 0.264. The van der Waals surface area contributed by atoms with E-state index in [-0.39, 0.29) is 5.91 Å². The van der Waals surface area contributed by atoms with Crippen LogP contribution >= 0.6 is 0 Å². The highest BCUT2D eigenvalue weighted by atomic mass is 16.5. The summed E-state index contributed by atoms with van der Waals surface area (Å²) in [7, 11) is 3.62. The zero-order valence-corrected chi connectivity index (χ0v) is 13.3. The van der Waals surface area contributed by atoms with Crippen LogP contribution in [-0.2, 0) is 17.9 Å². The summed E-state index contributed by atoms with van der Waals surface area (Å²) in [6.07, 6.45) is 2.76. The van der Waals surface area contributed by atoms with Crippen LogP contribution in [0.2, 0.25) is 0 Å². The van der Waals surface area contributed by atoms with Gasteiger partial charge in [-0.15, -0.1) is 0 Å². The molecular formula is C17H26N2O2. The van der Waals surface area contributed by atoms with Crippen molar-refractivity contribution < 1.29 is 9.53 Å². The normalized spacial score (nSPS) is 19.5. The molecule has 1 aliphatic heterocycles. The molecule has 1 saturated heterocycles. The monoisotopic (exact) mass is 290 g/mol. The third kappa shape index (κ3) is 4.21. The molecule has 0 saturated carbocycles. The third-order valence-corrected chi connectivity index (χ3v) is 4.18. The Bertz CT molecular complexity index is 488. The zero-order chi connectivity index (χ0) is 15.2. The number of hydrogen-bond donors (Lipinski definition) is 1. The summed E-state index contributed by atoms with van der Waals surface area (Å²) in [6, 6.07) is 6.19. The highest BCUT2D eigenvalue weighted by molar-refractivity contribution is 5.76. The van der Waals surface area contributed by atoms with Crippen molar-refractivity contribution in [2.75, 3.05) is 20.7 Å². The smallest absolute Gasteiger partial charge is 0.222 e. The maximum absolute atomic E-state index is 12.2. The van der Waals surface area contributed by atoms with Gasteiger partial charge in [0.1, 0.15) is 5.75 Å². The lowest BCUT2D eigenvalue weighted by Gasteiger charge is -2.22. The summed E-state index contributed by atoms with van der Waals surface area (Å²) in [4.78, 5) is 14.2. The van der Waals surface area contributed by atoms with Gasteiger partial charge in [0.2, 0.25) is 5.91 Å². The number of nitrogens with one attached hydrogen (secondary N) is 1. The molecule has 0 bridgehead atoms. The minimum Gasteiger partial charge on any atom is -0.496 e. The molecule has 1 amide bonds. The second-order valence-corrected chi connectivity index (χ2v) is 5.92. The first-order valence-electron chi connectivity index (χ1n) is 7.72. The predicted molar refractivity (Wildman–Crippen MR) is 84.2 cm³/mol. The fourth-order valence-electron chi connectivity index (χ4n) is 2.82. The Hall–Kier alpha value is -1.55. The molecule has 0 spiro atoms. The number of benzene rings is 1. The number of amides is 1. The van der Waals surface area contributed by atoms with Gasteiger partial charge < -0.3 is 15.0 Å². The highest BCUT2D eigenvalue weighted by Gasteiger charge is 2.21. The molecule has 1 aromatic rings. The van der Waals surface area contributed by atoms with Crippen LogP contribution < -0.4 is 10.1 Å². The molecule has 0 aliphatic carbocycles. The van der Waals surface area contributed by atoms with E-state index < -0.39 is 0 Å². The number of carbonyl (C=O) groups is 1. The third-order valence-electron chi connectivity index (χ3n) is 4.18. The molecule has 1 unspecified atom stereocenters. The van der Waals surface area contributed by atoms with E-state index in [0.717, 1.165) is 37.2 Å². The SMILES string of the molecule is CNCc1ccc(OC)c(CN2CCC(C)CCC2=O)c1. The molecule has 1 aromatic carbocycles. The van der Waals surface area contributed by atoms with Crippen molar-refractivity contribution in [3.63, 3.8) is 0 Å². The van der Waals surface area contributed by atoms with Crippen LogP contribution in [0.15, 0.2) is 18.2 Å². The number of nitrogens with zero attached hydrogens (tertiary/aromatic N) is 1. The molecule has 1 N–H and O–H groups in total. The van der Waals surface area contributed by atoms with E-state index in [1.54, 1.807) is 7.11 Å². The van der Waals surface area contributed by atoms with Gasteiger partial charge in [0, 0.05) is 31.6 Å². The van der Waals surface area contributed by atoms with Crippen LogP contribution in [0.25, 0.3) is 0 Å². The average molecular weight is 290 g/mol. The summed E-state index contributed by atoms with van der Waals surface area (Å²) >= 11 is 0. The van der Waals surface area contributed by atoms with E-state index >= 15 is 0 Å². The summed E-state index contributed by atoms with van der Waals surface area (Å²) in [5, 5.41) is 3.16. The quantitative estimate of drug-likeness (QED) is 0.906. The number of methoxy groups -OCH3 is 1. The lowest BCUT2D eigenvalue weighted by Crippen LogP contribution is -2.30. The fourth-order valence-corrected chi connectivity index (χ4v) is 2.82. The maximum atomic E-state index is 12.2. The fraction of sp³-hybridized carbons (Fsp3) is 0.588. The van der Waals surface area contributed by atoms with Gasteiger partial charge in [0.15, 0.2) is 0 Å². The number of hydrogen-bond acceptors (Lipinski definition) is 3. The van der Waals surface area contributed by atoms with Gasteiger partial charge in [-0.3, -0.25) is 4.79 Å². The van der Waals surface area contributed by atoms with Crippen molar-refractivity contribution in [2.45, 2.75) is 39.3 Å². The van der Waals surface area contributed by atoms with Gasteiger partial charge in [-0.2, -0.15) is 0 Å². The van der Waals surface area contributed by atoms with E-state index in [9.17, 15) is 4.79 Å². The molecule has 1 heterocycles. The Morgan fingerprint density at radius 1 is 1.38 bits per heavy atom. The van der Waals surface area contributed by atoms with E-state index in [1.807, 2.05) is 18.0 Å². The largest absolute Gasteiger partial charge is 0.496 e. The molecule has 4 heteroatoms. The predicted octanol–water partition coefficient (Wildman–Crippen LogP) is 2.56. The van der Waals surface area contributed by atoms with Crippen LogP contribution in [0.3, 0.4) is 0 Å². The van der Waals surface area contributed by atoms with Gasteiger partial charge in [-0.05, 0) is 43.5 Å². The van der Waals surface area contributed by atoms with Crippen LogP contribution in [0.4, 0.5) is 0 Å². The zero-order valence-electron chi connectivity index (χ0n) is 13.3. The van der Waals surface area contributed by atoms with Gasteiger partial charge in [-0.1, -0.05) is 13.0 Å². The Kier molecular flexibility index (Phi) is 5.62. The summed E-state index contributed by atoms with van der Waals surface area (Å²) < 4.78 is 5.45. The van der Waals surface area contributed by atoms with Crippen molar-refractivity contribution in [1.29, 1.82) is 0 Å². The van der Waals surface area contributed by atoms with Crippen molar-refractivity contribution in [3.05, 3.63) is 29.3 Å². The summed E-state index contributed by atoms with van der Waals surface area (Å²) in [5.74, 6) is 1.76. The lowest BCUT2D eigenvalue weighted by atomic mass is 10.0. The van der Waals surface area contributed by atoms with E-state index in [0.29, 0.717) is 18.9 Å². The summed E-state index contributed by atoms with van der Waals surface area (Å²) in [6.45, 7) is 4.54. The molecule has 2 rings (SSSR count). The Morgan fingerprint density at radius 2 is 2.19 bits per heavy atom. The van der Waals surface area contributed by atoms with E-state index in [4.69, 9.17) is 4.74 Å². The maximum Gasteiger partial charge on any atom is 0.222 e. The first-order valence-corrected chi connectivity index (χ1v) is 7.72. The van der Waals surface area contributed by atoms with E-state index in [1.165, 1.54) is 5.56 Å². The van der Waals surface area contributed by atoms with Crippen molar-refractivity contribution in [2.24, 2.45) is 5.92 Å². The molecule has 0 radical (unpaired) electrons. The van der Waals surface area contributed by atoms with Gasteiger partial charge in [0.05, 0.1) is 7.11 Å². The van der Waals surface area contributed by atoms with Crippen molar-refractivity contribution in [1.82, 2.24) is 10.2 Å². The Balaban J connectivity index is 2.16. The second-order valence-electron chi connectivity index (χ2n) is 5.92. The molecule has 1 fully saturated rings. The van der Waals surface area contributed by atoms with Gasteiger partial charge in [-0.25, -0.2) is 0 Å². The van der Waals surface area contributed by atoms with Crippen LogP contribution in [0.1, 0.15) is 37.3 Å². The number of carbonyl (C=O) groups excluding carboxylic acids is 1. The van der Waals surface area contributed by atoms with Crippen LogP contribution in [0, 0.1) is 5.92 Å². The van der Waals surface area contributed by atoms with Crippen LogP contribution in [0.5, 0.6) is 5.75 Å². The number of likely N-dealkylation sites (tertiary alicyclic amines) is 1. The molecular weight excluding hydrogens is 264 g/mol. The van der Waals surface area contributed by atoms with Gasteiger partial charge >= 0.3 is 0 Å². The molecule has 0 aromatic heterocycles. The average Bonchev–Trinajstić information content (AvgIpc) is 2.63. The number of ether oxygens (including phenoxy) is 1. The minimum atomic E-state index is 0.264. The molecule has 116 valence electrons. The van der Waals surface area contributed by atoms with Crippen molar-refractivity contribution >= 4 is 5.91 Å². The molecule has 4 nitrogen and oxygen atoms in total. The summed E-state index contributed by atoms with van der Waals surface area (Å²) in [5.41, 5.74) is 2.30. The second kappa shape index (κ2) is 7.46. The van der Waals surface area contributed by atoms with Gasteiger partial charge in [0.25, 0.3) is 0 Å². The molecule has 1 aliphatic rings. The first-order chi connectivity index (χ1) is 10.1. The van der Waals surface area contributed by atoms with E-state index in [2.05, 4.69) is 24.4 Å². The Morgan fingerprint density at radius 3 is 2.90 bits per heavy atom. The first kappa shape index (κ1) is 15.8. The Labute approximate surface area is 127 Å².